The quantitative estimate of drug-likeness (QED) is 0.828. The van der Waals surface area contributed by atoms with Gasteiger partial charge in [0.15, 0.2) is 0 Å². The van der Waals surface area contributed by atoms with Crippen LogP contribution < -0.4 is 0 Å². The molecule has 1 saturated heterocycles. The molecule has 0 radical (unpaired) electrons. The van der Waals surface area contributed by atoms with Crippen LogP contribution in [0.15, 0.2) is 24.3 Å². The summed E-state index contributed by atoms with van der Waals surface area (Å²) in [4.78, 5) is 1.77. The number of aliphatic hydroxyl groups excluding tert-OH is 1. The second kappa shape index (κ2) is 6.76. The number of hydrogen-bond acceptors (Lipinski definition) is 3. The Balaban J connectivity index is 1.68. The van der Waals surface area contributed by atoms with E-state index in [0.29, 0.717) is 19.5 Å². The molecule has 2 N–H and O–H groups in total. The van der Waals surface area contributed by atoms with E-state index in [1.807, 2.05) is 13.0 Å². The maximum Gasteiger partial charge on any atom is 0.416 e. The highest BCUT2D eigenvalue weighted by atomic mass is 19.4. The topological polar surface area (TPSA) is 52.1 Å². The van der Waals surface area contributed by atoms with Gasteiger partial charge in [-0.1, -0.05) is 0 Å². The van der Waals surface area contributed by atoms with Crippen LogP contribution in [-0.2, 0) is 19.1 Å². The number of alkyl halides is 3. The number of aromatic nitrogens is 2. The van der Waals surface area contributed by atoms with Gasteiger partial charge in [-0.25, -0.2) is 4.39 Å². The number of benzene rings is 1. The van der Waals surface area contributed by atoms with Crippen molar-refractivity contribution in [2.24, 2.45) is 5.92 Å². The Morgan fingerprint density at radius 1 is 1.28 bits per heavy atom. The van der Waals surface area contributed by atoms with Crippen LogP contribution >= 0.6 is 0 Å². The number of β-amino-alcohol motifs (C(OH)–C–C–N with tert-alkyl or cyclic N) is 1. The number of aryl methyl sites for hydroxylation is 1. The van der Waals surface area contributed by atoms with Gasteiger partial charge in [0.1, 0.15) is 5.82 Å². The Morgan fingerprint density at radius 2 is 2.04 bits per heavy atom. The number of nitrogens with zero attached hydrogens (tertiary/aromatic N) is 2. The van der Waals surface area contributed by atoms with E-state index in [9.17, 15) is 22.7 Å². The summed E-state index contributed by atoms with van der Waals surface area (Å²) >= 11 is 0. The smallest absolute Gasteiger partial charge is 0.391 e. The first-order valence-electron chi connectivity index (χ1n) is 7.99. The molecule has 0 amide bonds. The number of nitrogens with one attached hydrogen (secondary N) is 1. The molecule has 8 heteroatoms. The Labute approximate surface area is 142 Å². The van der Waals surface area contributed by atoms with Crippen LogP contribution in [0.5, 0.6) is 0 Å². The van der Waals surface area contributed by atoms with Crippen molar-refractivity contribution in [3.05, 3.63) is 52.6 Å². The molecular formula is C17H19F4N3O. The minimum absolute atomic E-state index is 0.0155. The molecule has 1 aliphatic heterocycles. The monoisotopic (exact) mass is 357 g/mol. The zero-order valence-electron chi connectivity index (χ0n) is 13.6. The first-order chi connectivity index (χ1) is 11.7. The predicted octanol–water partition coefficient (Wildman–Crippen LogP) is 2.91. The molecule has 2 atom stereocenters. The van der Waals surface area contributed by atoms with E-state index in [1.54, 1.807) is 4.90 Å². The molecule has 25 heavy (non-hydrogen) atoms. The van der Waals surface area contributed by atoms with Crippen molar-refractivity contribution in [3.63, 3.8) is 0 Å². The fraction of sp³-hybridized carbons (Fsp3) is 0.471. The number of likely N-dealkylation sites (tertiary alicyclic amines) is 1. The van der Waals surface area contributed by atoms with E-state index >= 15 is 0 Å². The molecule has 136 valence electrons. The molecule has 4 nitrogen and oxygen atoms in total. The SMILES string of the molecule is Cc1cc(C[C@@H]2CN(Cc3cc(C(F)(F)F)ccc3F)C[C@@H]2O)n[nH]1. The van der Waals surface area contributed by atoms with Crippen molar-refractivity contribution >= 4 is 0 Å². The highest BCUT2D eigenvalue weighted by Crippen LogP contribution is 2.31. The Hall–Kier alpha value is -1.93. The van der Waals surface area contributed by atoms with Crippen LogP contribution in [0.3, 0.4) is 0 Å². The van der Waals surface area contributed by atoms with Crippen molar-refractivity contribution in [2.75, 3.05) is 13.1 Å². The van der Waals surface area contributed by atoms with Crippen molar-refractivity contribution in [1.29, 1.82) is 0 Å². The van der Waals surface area contributed by atoms with Crippen LogP contribution in [0.4, 0.5) is 17.6 Å². The van der Waals surface area contributed by atoms with E-state index in [0.717, 1.165) is 29.6 Å². The lowest BCUT2D eigenvalue weighted by Crippen LogP contribution is -2.22. The Bertz CT molecular complexity index is 744. The minimum atomic E-state index is -4.51. The van der Waals surface area contributed by atoms with Gasteiger partial charge in [0.05, 0.1) is 17.4 Å². The standard InChI is InChI=1S/C17H19F4N3O/c1-10-4-14(23-22-10)6-12-8-24(9-16(12)25)7-11-5-13(17(19,20)21)2-3-15(11)18/h2-5,12,16,25H,6-9H2,1H3,(H,22,23)/t12-,16+/m1/s1. The normalized spacial score (nSPS) is 21.8. The average Bonchev–Trinajstić information content (AvgIpc) is 3.07. The third-order valence-corrected chi connectivity index (χ3v) is 4.48. The van der Waals surface area contributed by atoms with E-state index in [1.165, 1.54) is 0 Å². The van der Waals surface area contributed by atoms with Gasteiger partial charge in [-0.05, 0) is 37.6 Å². The molecule has 0 unspecified atom stereocenters. The first kappa shape index (κ1) is 17.9. The van der Waals surface area contributed by atoms with Crippen LogP contribution in [0, 0.1) is 18.7 Å². The predicted molar refractivity (Wildman–Crippen MR) is 83.2 cm³/mol. The lowest BCUT2D eigenvalue weighted by Gasteiger charge is -2.17. The molecule has 1 fully saturated rings. The Kier molecular flexibility index (Phi) is 4.83. The summed E-state index contributed by atoms with van der Waals surface area (Å²) in [7, 11) is 0. The molecule has 2 aromatic rings. The van der Waals surface area contributed by atoms with Gasteiger partial charge in [0.2, 0.25) is 0 Å². The second-order valence-electron chi connectivity index (χ2n) is 6.57. The van der Waals surface area contributed by atoms with Crippen molar-refractivity contribution in [3.8, 4) is 0 Å². The summed E-state index contributed by atoms with van der Waals surface area (Å²) in [6.45, 7) is 2.68. The third kappa shape index (κ3) is 4.19. The number of aromatic amines is 1. The second-order valence-corrected chi connectivity index (χ2v) is 6.57. The average molecular weight is 357 g/mol. The molecule has 2 heterocycles. The minimum Gasteiger partial charge on any atom is -0.391 e. The van der Waals surface area contributed by atoms with Crippen LogP contribution in [-0.4, -0.2) is 39.4 Å². The van der Waals surface area contributed by atoms with Gasteiger partial charge >= 0.3 is 6.18 Å². The molecule has 0 spiro atoms. The maximum atomic E-state index is 13.9. The number of aliphatic hydroxyl groups is 1. The van der Waals surface area contributed by atoms with Crippen LogP contribution in [0.2, 0.25) is 0 Å². The summed E-state index contributed by atoms with van der Waals surface area (Å²) in [5.41, 5.74) is 0.865. The zero-order valence-corrected chi connectivity index (χ0v) is 13.6. The number of hydrogen-bond donors (Lipinski definition) is 2. The zero-order chi connectivity index (χ0) is 18.2. The highest BCUT2D eigenvalue weighted by Gasteiger charge is 2.34. The first-order valence-corrected chi connectivity index (χ1v) is 7.99. The summed E-state index contributed by atoms with van der Waals surface area (Å²) in [6.07, 6.45) is -4.56. The van der Waals surface area contributed by atoms with Gasteiger partial charge in [-0.15, -0.1) is 0 Å². The summed E-state index contributed by atoms with van der Waals surface area (Å²) in [6, 6.07) is 4.31. The van der Waals surface area contributed by atoms with E-state index in [-0.39, 0.29) is 18.0 Å². The van der Waals surface area contributed by atoms with E-state index in [2.05, 4.69) is 10.2 Å². The maximum absolute atomic E-state index is 13.9. The Morgan fingerprint density at radius 3 is 2.68 bits per heavy atom. The molecule has 1 aliphatic rings. The fourth-order valence-corrected chi connectivity index (χ4v) is 3.23. The fourth-order valence-electron chi connectivity index (χ4n) is 3.23. The van der Waals surface area contributed by atoms with Crippen molar-refractivity contribution < 1.29 is 22.7 Å². The highest BCUT2D eigenvalue weighted by molar-refractivity contribution is 5.27. The lowest BCUT2D eigenvalue weighted by molar-refractivity contribution is -0.137. The van der Waals surface area contributed by atoms with Gasteiger partial charge in [-0.3, -0.25) is 10.00 Å². The third-order valence-electron chi connectivity index (χ3n) is 4.48. The molecular weight excluding hydrogens is 338 g/mol. The van der Waals surface area contributed by atoms with Crippen LogP contribution in [0.1, 0.15) is 22.5 Å². The largest absolute Gasteiger partial charge is 0.416 e. The lowest BCUT2D eigenvalue weighted by atomic mass is 10.0. The van der Waals surface area contributed by atoms with Gasteiger partial charge in [0, 0.05) is 36.8 Å². The number of halogens is 4. The molecule has 0 saturated carbocycles. The molecule has 0 aliphatic carbocycles. The van der Waals surface area contributed by atoms with Gasteiger partial charge in [-0.2, -0.15) is 18.3 Å². The summed E-state index contributed by atoms with van der Waals surface area (Å²) < 4.78 is 52.3. The molecule has 3 rings (SSSR count). The van der Waals surface area contributed by atoms with Gasteiger partial charge < -0.3 is 5.11 Å². The van der Waals surface area contributed by atoms with Crippen LogP contribution in [0.25, 0.3) is 0 Å². The van der Waals surface area contributed by atoms with Gasteiger partial charge in [0.25, 0.3) is 0 Å². The number of rotatable bonds is 4. The summed E-state index contributed by atoms with van der Waals surface area (Å²) in [5.74, 6) is -0.759. The van der Waals surface area contributed by atoms with E-state index in [4.69, 9.17) is 0 Å². The van der Waals surface area contributed by atoms with E-state index < -0.39 is 23.7 Å². The molecule has 1 aromatic carbocycles. The molecule has 1 aromatic heterocycles. The van der Waals surface area contributed by atoms with Crippen molar-refractivity contribution in [1.82, 2.24) is 15.1 Å². The van der Waals surface area contributed by atoms with Crippen molar-refractivity contribution in [2.45, 2.75) is 32.2 Å². The summed E-state index contributed by atoms with van der Waals surface area (Å²) in [5, 5.41) is 17.2. The molecule has 0 bridgehead atoms. The number of H-pyrrole nitrogens is 1.